The molecule has 0 amide bonds. The summed E-state index contributed by atoms with van der Waals surface area (Å²) in [4.78, 5) is 0.298. The molecule has 2 aromatic rings. The van der Waals surface area contributed by atoms with Gasteiger partial charge in [-0.15, -0.1) is 0 Å². The van der Waals surface area contributed by atoms with Gasteiger partial charge >= 0.3 is 0 Å². The Hall–Kier alpha value is -1.36. The van der Waals surface area contributed by atoms with Crippen LogP contribution >= 0.6 is 15.9 Å². The molecular formula is C27H31BrO3. The quantitative estimate of drug-likeness (QED) is 0.484. The second kappa shape index (κ2) is 7.60. The lowest BCUT2D eigenvalue weighted by atomic mass is 9.55. The average molecular weight is 483 g/mol. The van der Waals surface area contributed by atoms with Crippen molar-refractivity contribution in [1.29, 1.82) is 0 Å². The maximum atomic E-state index is 6.33. The van der Waals surface area contributed by atoms with Gasteiger partial charge in [-0.25, -0.2) is 0 Å². The van der Waals surface area contributed by atoms with Crippen LogP contribution in [0.25, 0.3) is 0 Å². The molecule has 0 radical (unpaired) electrons. The van der Waals surface area contributed by atoms with Gasteiger partial charge in [0.05, 0.1) is 18.0 Å². The molecule has 1 saturated heterocycles. The number of benzene rings is 2. The predicted molar refractivity (Wildman–Crippen MR) is 125 cm³/mol. The van der Waals surface area contributed by atoms with E-state index in [4.69, 9.17) is 14.2 Å². The fourth-order valence-electron chi connectivity index (χ4n) is 7.25. The van der Waals surface area contributed by atoms with Crippen molar-refractivity contribution >= 4 is 15.9 Å². The van der Waals surface area contributed by atoms with Crippen molar-refractivity contribution < 1.29 is 14.2 Å². The van der Waals surface area contributed by atoms with Crippen molar-refractivity contribution in [2.24, 2.45) is 17.3 Å². The predicted octanol–water partition coefficient (Wildman–Crippen LogP) is 6.24. The molecule has 4 aliphatic rings. The molecule has 1 heterocycles. The lowest BCUT2D eigenvalue weighted by Gasteiger charge is -2.52. The van der Waals surface area contributed by atoms with Gasteiger partial charge in [0.2, 0.25) is 0 Å². The van der Waals surface area contributed by atoms with Crippen molar-refractivity contribution in [3.8, 4) is 5.75 Å². The van der Waals surface area contributed by atoms with E-state index in [2.05, 4.69) is 65.3 Å². The van der Waals surface area contributed by atoms with Crippen LogP contribution in [0, 0.1) is 17.3 Å². The second-order valence-electron chi connectivity index (χ2n) is 10.1. The van der Waals surface area contributed by atoms with Crippen LogP contribution in [0.5, 0.6) is 5.75 Å². The summed E-state index contributed by atoms with van der Waals surface area (Å²) >= 11 is 3.98. The summed E-state index contributed by atoms with van der Waals surface area (Å²) in [5.74, 6) is 2.60. The molecule has 6 rings (SSSR count). The monoisotopic (exact) mass is 482 g/mol. The van der Waals surface area contributed by atoms with Gasteiger partial charge in [0, 0.05) is 5.41 Å². The van der Waals surface area contributed by atoms with Gasteiger partial charge in [0.15, 0.2) is 5.79 Å². The van der Waals surface area contributed by atoms with Crippen molar-refractivity contribution in [3.63, 3.8) is 0 Å². The van der Waals surface area contributed by atoms with Crippen molar-refractivity contribution in [3.05, 3.63) is 65.2 Å². The lowest BCUT2D eigenvalue weighted by Crippen LogP contribution is -2.53. The first-order valence-electron chi connectivity index (χ1n) is 11.8. The number of ether oxygens (including phenoxy) is 3. The standard InChI is InChI=1S/C27H31BrO3/c1-26-12-11-22-21-10-8-20(29-17-18-5-3-2-4-6-18)15-19(21)7-9-23(22)24(26)16-25(28)27(26)30-13-14-31-27/h2-6,8,10,15,22-25H,7,9,11-14,16-17H2,1H3/t22-,23-,24+,25?,26+/m1/s1. The summed E-state index contributed by atoms with van der Waals surface area (Å²) in [6, 6.07) is 17.2. The zero-order valence-corrected chi connectivity index (χ0v) is 19.8. The van der Waals surface area contributed by atoms with Crippen LogP contribution in [0.15, 0.2) is 48.5 Å². The van der Waals surface area contributed by atoms with E-state index < -0.39 is 5.79 Å². The maximum Gasteiger partial charge on any atom is 0.186 e. The van der Waals surface area contributed by atoms with Crippen LogP contribution in [-0.4, -0.2) is 23.8 Å². The van der Waals surface area contributed by atoms with Crippen molar-refractivity contribution in [2.75, 3.05) is 13.2 Å². The number of fused-ring (bicyclic) bond motifs is 6. The number of alkyl halides is 1. The Labute approximate surface area is 193 Å². The second-order valence-corrected chi connectivity index (χ2v) is 11.2. The van der Waals surface area contributed by atoms with Gasteiger partial charge in [-0.05, 0) is 78.7 Å². The summed E-state index contributed by atoms with van der Waals surface area (Å²) in [6.07, 6.45) is 5.96. The Morgan fingerprint density at radius 1 is 1.06 bits per heavy atom. The number of aryl methyl sites for hydroxylation is 1. The minimum absolute atomic E-state index is 0.106. The Morgan fingerprint density at radius 2 is 1.87 bits per heavy atom. The van der Waals surface area contributed by atoms with E-state index in [-0.39, 0.29) is 5.41 Å². The highest BCUT2D eigenvalue weighted by molar-refractivity contribution is 9.09. The van der Waals surface area contributed by atoms with Crippen LogP contribution in [0.2, 0.25) is 0 Å². The molecule has 0 bridgehead atoms. The Balaban J connectivity index is 1.23. The van der Waals surface area contributed by atoms with E-state index in [0.29, 0.717) is 23.3 Å². The fraction of sp³-hybridized carbons (Fsp3) is 0.556. The van der Waals surface area contributed by atoms with Crippen LogP contribution in [-0.2, 0) is 22.5 Å². The summed E-state index contributed by atoms with van der Waals surface area (Å²) in [5, 5.41) is 0. The smallest absolute Gasteiger partial charge is 0.186 e. The van der Waals surface area contributed by atoms with E-state index >= 15 is 0 Å². The summed E-state index contributed by atoms with van der Waals surface area (Å²) in [7, 11) is 0. The van der Waals surface area contributed by atoms with Gasteiger partial charge in [-0.2, -0.15) is 0 Å². The highest BCUT2D eigenvalue weighted by Crippen LogP contribution is 2.67. The van der Waals surface area contributed by atoms with Crippen molar-refractivity contribution in [2.45, 2.75) is 62.2 Å². The number of rotatable bonds is 3. The molecule has 0 aromatic heterocycles. The molecule has 5 atom stereocenters. The SMILES string of the molecule is C[C@]12CC[C@@H]3c4ccc(OCc5ccccc5)cc4CC[C@H]3[C@@H]1CC(Br)C21OCCO1. The minimum atomic E-state index is -0.419. The minimum Gasteiger partial charge on any atom is -0.489 e. The first-order chi connectivity index (χ1) is 15.1. The van der Waals surface area contributed by atoms with Crippen LogP contribution in [0.1, 0.15) is 55.2 Å². The molecule has 3 nitrogen and oxygen atoms in total. The maximum absolute atomic E-state index is 6.33. The van der Waals surface area contributed by atoms with Crippen LogP contribution in [0.4, 0.5) is 0 Å². The Bertz CT molecular complexity index is 954. The summed E-state index contributed by atoms with van der Waals surface area (Å²) in [5.41, 5.74) is 4.37. The molecule has 0 N–H and O–H groups in total. The molecule has 3 fully saturated rings. The first-order valence-corrected chi connectivity index (χ1v) is 12.7. The molecule has 1 spiro atoms. The highest BCUT2D eigenvalue weighted by atomic mass is 79.9. The van der Waals surface area contributed by atoms with Gasteiger partial charge < -0.3 is 14.2 Å². The first kappa shape index (κ1) is 20.3. The van der Waals surface area contributed by atoms with E-state index in [9.17, 15) is 0 Å². The topological polar surface area (TPSA) is 27.7 Å². The molecule has 1 aliphatic heterocycles. The van der Waals surface area contributed by atoms with Gasteiger partial charge in [-0.1, -0.05) is 59.3 Å². The molecule has 164 valence electrons. The van der Waals surface area contributed by atoms with Crippen molar-refractivity contribution in [1.82, 2.24) is 0 Å². The molecule has 31 heavy (non-hydrogen) atoms. The number of hydrogen-bond donors (Lipinski definition) is 0. The lowest BCUT2D eigenvalue weighted by molar-refractivity contribution is -0.233. The zero-order valence-electron chi connectivity index (χ0n) is 18.2. The normalized spacial score (nSPS) is 35.4. The number of hydrogen-bond acceptors (Lipinski definition) is 3. The summed E-state index contributed by atoms with van der Waals surface area (Å²) < 4.78 is 18.8. The van der Waals surface area contributed by atoms with Gasteiger partial charge in [0.25, 0.3) is 0 Å². The molecule has 3 aliphatic carbocycles. The fourth-order valence-corrected chi connectivity index (χ4v) is 8.44. The third-order valence-corrected chi connectivity index (χ3v) is 9.70. The Kier molecular flexibility index (Phi) is 4.97. The molecule has 2 aromatic carbocycles. The molecule has 2 saturated carbocycles. The third kappa shape index (κ3) is 3.05. The van der Waals surface area contributed by atoms with Crippen LogP contribution in [0.3, 0.4) is 0 Å². The van der Waals surface area contributed by atoms with E-state index in [1.54, 1.807) is 5.56 Å². The largest absolute Gasteiger partial charge is 0.489 e. The van der Waals surface area contributed by atoms with E-state index in [1.807, 2.05) is 6.07 Å². The third-order valence-electron chi connectivity index (χ3n) is 8.72. The summed E-state index contributed by atoms with van der Waals surface area (Å²) in [6.45, 7) is 4.53. The van der Waals surface area contributed by atoms with Gasteiger partial charge in [-0.3, -0.25) is 0 Å². The number of halogens is 1. The Morgan fingerprint density at radius 3 is 2.68 bits per heavy atom. The van der Waals surface area contributed by atoms with Gasteiger partial charge in [0.1, 0.15) is 12.4 Å². The molecule has 4 heteroatoms. The molecular weight excluding hydrogens is 452 g/mol. The van der Waals surface area contributed by atoms with E-state index in [1.165, 1.54) is 30.4 Å². The van der Waals surface area contributed by atoms with E-state index in [0.717, 1.165) is 37.7 Å². The zero-order chi connectivity index (χ0) is 21.1. The van der Waals surface area contributed by atoms with Crippen LogP contribution < -0.4 is 4.74 Å². The highest BCUT2D eigenvalue weighted by Gasteiger charge is 2.68. The average Bonchev–Trinajstić information content (AvgIpc) is 3.39. The molecule has 1 unspecified atom stereocenters.